The van der Waals surface area contributed by atoms with E-state index >= 15 is 0 Å². The Labute approximate surface area is 110 Å². The van der Waals surface area contributed by atoms with Gasteiger partial charge in [0.15, 0.2) is 0 Å². The van der Waals surface area contributed by atoms with Crippen LogP contribution in [0.15, 0.2) is 0 Å². The zero-order valence-corrected chi connectivity index (χ0v) is 12.3. The minimum absolute atomic E-state index is 0.0156. The van der Waals surface area contributed by atoms with E-state index in [-0.39, 0.29) is 23.3 Å². The van der Waals surface area contributed by atoms with Gasteiger partial charge in [0.25, 0.3) is 0 Å². The third kappa shape index (κ3) is 4.50. The van der Waals surface area contributed by atoms with Crippen molar-refractivity contribution in [1.82, 2.24) is 4.72 Å². The van der Waals surface area contributed by atoms with Crippen molar-refractivity contribution in [2.45, 2.75) is 51.3 Å². The Bertz CT molecular complexity index is 342. The second-order valence-electron chi connectivity index (χ2n) is 5.91. The molecule has 0 aromatic carbocycles. The van der Waals surface area contributed by atoms with Crippen LogP contribution in [-0.2, 0) is 14.8 Å². The fraction of sp³-hybridized carbons (Fsp3) is 1.00. The van der Waals surface area contributed by atoms with Crippen LogP contribution in [-0.4, -0.2) is 44.6 Å². The molecule has 0 radical (unpaired) electrons. The van der Waals surface area contributed by atoms with Crippen LogP contribution in [0.5, 0.6) is 0 Å². The SMILES string of the molecule is CC(C)(C)C(CCO)NS(=O)(=O)C1CCOCC1. The highest BCUT2D eigenvalue weighted by Crippen LogP contribution is 2.24. The summed E-state index contributed by atoms with van der Waals surface area (Å²) in [5.41, 5.74) is -0.207. The molecule has 5 nitrogen and oxygen atoms in total. The van der Waals surface area contributed by atoms with Gasteiger partial charge in [0.1, 0.15) is 0 Å². The topological polar surface area (TPSA) is 75.6 Å². The molecule has 0 aliphatic carbocycles. The van der Waals surface area contributed by atoms with E-state index in [1.165, 1.54) is 0 Å². The molecule has 1 atom stereocenters. The Morgan fingerprint density at radius 1 is 1.33 bits per heavy atom. The van der Waals surface area contributed by atoms with Crippen molar-refractivity contribution in [3.8, 4) is 0 Å². The van der Waals surface area contributed by atoms with E-state index in [4.69, 9.17) is 9.84 Å². The summed E-state index contributed by atoms with van der Waals surface area (Å²) in [6.07, 6.45) is 1.53. The van der Waals surface area contributed by atoms with Gasteiger partial charge in [-0.05, 0) is 24.7 Å². The van der Waals surface area contributed by atoms with Crippen molar-refractivity contribution in [2.75, 3.05) is 19.8 Å². The molecular weight excluding hydrogens is 254 g/mol. The first-order valence-electron chi connectivity index (χ1n) is 6.47. The van der Waals surface area contributed by atoms with Crippen molar-refractivity contribution in [3.63, 3.8) is 0 Å². The molecule has 1 rings (SSSR count). The quantitative estimate of drug-likeness (QED) is 0.783. The third-order valence-corrected chi connectivity index (χ3v) is 5.34. The van der Waals surface area contributed by atoms with Crippen LogP contribution in [0.25, 0.3) is 0 Å². The molecule has 0 aromatic rings. The largest absolute Gasteiger partial charge is 0.396 e. The molecule has 0 aromatic heterocycles. The molecule has 1 aliphatic rings. The minimum atomic E-state index is -3.33. The molecule has 108 valence electrons. The van der Waals surface area contributed by atoms with Crippen LogP contribution < -0.4 is 4.72 Å². The normalized spacial score (nSPS) is 20.9. The van der Waals surface area contributed by atoms with Gasteiger partial charge in [-0.15, -0.1) is 0 Å². The summed E-state index contributed by atoms with van der Waals surface area (Å²) in [7, 11) is -3.33. The molecule has 0 saturated carbocycles. The summed E-state index contributed by atoms with van der Waals surface area (Å²) in [6.45, 7) is 6.91. The first-order valence-corrected chi connectivity index (χ1v) is 8.02. The summed E-state index contributed by atoms with van der Waals surface area (Å²) in [5.74, 6) is 0. The second kappa shape index (κ2) is 6.32. The molecule has 1 heterocycles. The second-order valence-corrected chi connectivity index (χ2v) is 7.90. The number of hydrogen-bond acceptors (Lipinski definition) is 4. The van der Waals surface area contributed by atoms with E-state index in [0.29, 0.717) is 32.5 Å². The van der Waals surface area contributed by atoms with Crippen LogP contribution in [0, 0.1) is 5.41 Å². The highest BCUT2D eigenvalue weighted by Gasteiger charge is 2.33. The lowest BCUT2D eigenvalue weighted by Gasteiger charge is -2.33. The van der Waals surface area contributed by atoms with E-state index in [1.807, 2.05) is 20.8 Å². The van der Waals surface area contributed by atoms with Gasteiger partial charge in [0.2, 0.25) is 10.0 Å². The molecule has 6 heteroatoms. The van der Waals surface area contributed by atoms with Gasteiger partial charge in [-0.3, -0.25) is 0 Å². The van der Waals surface area contributed by atoms with E-state index in [1.54, 1.807) is 0 Å². The fourth-order valence-electron chi connectivity index (χ4n) is 2.08. The predicted molar refractivity (Wildman–Crippen MR) is 70.8 cm³/mol. The van der Waals surface area contributed by atoms with Gasteiger partial charge in [0, 0.05) is 25.9 Å². The van der Waals surface area contributed by atoms with Gasteiger partial charge >= 0.3 is 0 Å². The highest BCUT2D eigenvalue weighted by molar-refractivity contribution is 7.90. The highest BCUT2D eigenvalue weighted by atomic mass is 32.2. The summed E-state index contributed by atoms with van der Waals surface area (Å²) >= 11 is 0. The first kappa shape index (κ1) is 15.9. The van der Waals surface area contributed by atoms with Crippen molar-refractivity contribution >= 4 is 10.0 Å². The van der Waals surface area contributed by atoms with Crippen LogP contribution in [0.3, 0.4) is 0 Å². The predicted octanol–water partition coefficient (Wildman–Crippen LogP) is 0.882. The zero-order valence-electron chi connectivity index (χ0n) is 11.5. The van der Waals surface area contributed by atoms with Crippen molar-refractivity contribution in [2.24, 2.45) is 5.41 Å². The number of nitrogens with one attached hydrogen (secondary N) is 1. The van der Waals surface area contributed by atoms with Gasteiger partial charge < -0.3 is 9.84 Å². The summed E-state index contributed by atoms with van der Waals surface area (Å²) in [4.78, 5) is 0. The zero-order chi connectivity index (χ0) is 13.8. The molecule has 1 fully saturated rings. The van der Waals surface area contributed by atoms with Gasteiger partial charge in [-0.25, -0.2) is 13.1 Å². The van der Waals surface area contributed by atoms with Gasteiger partial charge in [0.05, 0.1) is 5.25 Å². The molecule has 18 heavy (non-hydrogen) atoms. The first-order chi connectivity index (χ1) is 8.27. The summed E-state index contributed by atoms with van der Waals surface area (Å²) in [6, 6.07) is -0.240. The number of sulfonamides is 1. The smallest absolute Gasteiger partial charge is 0.214 e. The lowest BCUT2D eigenvalue weighted by molar-refractivity contribution is 0.0978. The fourth-order valence-corrected chi connectivity index (χ4v) is 3.95. The molecular formula is C12H25NO4S. The molecule has 1 unspecified atom stereocenters. The number of aliphatic hydroxyl groups is 1. The number of aliphatic hydroxyl groups excluding tert-OH is 1. The Balaban J connectivity index is 2.72. The maximum Gasteiger partial charge on any atom is 0.214 e. The van der Waals surface area contributed by atoms with E-state index < -0.39 is 10.0 Å². The Morgan fingerprint density at radius 3 is 2.33 bits per heavy atom. The minimum Gasteiger partial charge on any atom is -0.396 e. The summed E-state index contributed by atoms with van der Waals surface area (Å²) < 4.78 is 32.5. The van der Waals surface area contributed by atoms with Crippen molar-refractivity contribution in [1.29, 1.82) is 0 Å². The third-order valence-electron chi connectivity index (χ3n) is 3.38. The van der Waals surface area contributed by atoms with Crippen LogP contribution in [0.2, 0.25) is 0 Å². The molecule has 1 aliphatic heterocycles. The van der Waals surface area contributed by atoms with E-state index in [0.717, 1.165) is 0 Å². The van der Waals surface area contributed by atoms with E-state index in [9.17, 15) is 8.42 Å². The van der Waals surface area contributed by atoms with Crippen LogP contribution in [0.1, 0.15) is 40.0 Å². The van der Waals surface area contributed by atoms with Crippen molar-refractivity contribution < 1.29 is 18.3 Å². The summed E-state index contributed by atoms with van der Waals surface area (Å²) in [5, 5.41) is 8.69. The number of rotatable bonds is 5. The number of hydrogen-bond donors (Lipinski definition) is 2. The Hall–Kier alpha value is -0.170. The van der Waals surface area contributed by atoms with Crippen LogP contribution >= 0.6 is 0 Å². The van der Waals surface area contributed by atoms with E-state index in [2.05, 4.69) is 4.72 Å². The standard InChI is InChI=1S/C12H25NO4S/c1-12(2,3)11(4-7-14)13-18(15,16)10-5-8-17-9-6-10/h10-11,13-14H,4-9H2,1-3H3. The maximum atomic E-state index is 12.3. The molecule has 0 amide bonds. The van der Waals surface area contributed by atoms with Gasteiger partial charge in [-0.1, -0.05) is 20.8 Å². The Kier molecular flexibility index (Phi) is 5.58. The molecule has 2 N–H and O–H groups in total. The molecule has 0 bridgehead atoms. The molecule has 0 spiro atoms. The lowest BCUT2D eigenvalue weighted by Crippen LogP contribution is -2.48. The maximum absolute atomic E-state index is 12.3. The number of ether oxygens (including phenoxy) is 1. The molecule has 1 saturated heterocycles. The van der Waals surface area contributed by atoms with Crippen molar-refractivity contribution in [3.05, 3.63) is 0 Å². The average Bonchev–Trinajstić information content (AvgIpc) is 2.28. The average molecular weight is 279 g/mol. The lowest BCUT2D eigenvalue weighted by atomic mass is 9.86. The monoisotopic (exact) mass is 279 g/mol. The van der Waals surface area contributed by atoms with Gasteiger partial charge in [-0.2, -0.15) is 0 Å². The van der Waals surface area contributed by atoms with Crippen LogP contribution in [0.4, 0.5) is 0 Å². The Morgan fingerprint density at radius 2 is 1.89 bits per heavy atom.